The van der Waals surface area contributed by atoms with Crippen molar-refractivity contribution in [2.45, 2.75) is 6.54 Å². The second-order valence-corrected chi connectivity index (χ2v) is 2.43. The zero-order valence-corrected chi connectivity index (χ0v) is 6.75. The lowest BCUT2D eigenvalue weighted by Gasteiger charge is -2.01. The van der Waals surface area contributed by atoms with Crippen LogP contribution < -0.4 is 5.32 Å². The monoisotopic (exact) mass is 158 g/mol. The van der Waals surface area contributed by atoms with E-state index in [-0.39, 0.29) is 0 Å². The molecule has 0 fully saturated rings. The van der Waals surface area contributed by atoms with Gasteiger partial charge in [-0.1, -0.05) is 36.9 Å². The van der Waals surface area contributed by atoms with Crippen molar-refractivity contribution >= 4 is 0 Å². The van der Waals surface area contributed by atoms with Gasteiger partial charge in [0.2, 0.25) is 0 Å². The Kier molecular flexibility index (Phi) is 2.92. The molecule has 0 aliphatic heterocycles. The molecule has 0 saturated heterocycles. The maximum atomic E-state index is 8.40. The summed E-state index contributed by atoms with van der Waals surface area (Å²) in [5, 5.41) is 11.3. The SMILES string of the molecule is C=C(C#N)NCc1ccccc1. The number of nitrogens with one attached hydrogen (secondary N) is 1. The van der Waals surface area contributed by atoms with Crippen LogP contribution in [0.5, 0.6) is 0 Å². The van der Waals surface area contributed by atoms with E-state index in [4.69, 9.17) is 5.26 Å². The molecular formula is C10H10N2. The van der Waals surface area contributed by atoms with Gasteiger partial charge in [-0.05, 0) is 5.56 Å². The first-order chi connectivity index (χ1) is 5.83. The molecule has 0 saturated carbocycles. The van der Waals surface area contributed by atoms with Gasteiger partial charge in [-0.15, -0.1) is 0 Å². The van der Waals surface area contributed by atoms with Gasteiger partial charge in [-0.2, -0.15) is 5.26 Å². The Morgan fingerprint density at radius 3 is 2.67 bits per heavy atom. The van der Waals surface area contributed by atoms with Crippen LogP contribution in [0.2, 0.25) is 0 Å². The first-order valence-electron chi connectivity index (χ1n) is 3.69. The highest BCUT2D eigenvalue weighted by molar-refractivity contribution is 5.18. The molecule has 60 valence electrons. The molecule has 0 spiro atoms. The van der Waals surface area contributed by atoms with Crippen LogP contribution in [0.3, 0.4) is 0 Å². The van der Waals surface area contributed by atoms with E-state index >= 15 is 0 Å². The lowest BCUT2D eigenvalue weighted by atomic mass is 10.2. The molecule has 0 aliphatic rings. The highest BCUT2D eigenvalue weighted by atomic mass is 14.9. The lowest BCUT2D eigenvalue weighted by Crippen LogP contribution is -2.09. The minimum absolute atomic E-state index is 0.402. The van der Waals surface area contributed by atoms with Gasteiger partial charge in [0.05, 0.1) is 0 Å². The molecule has 0 radical (unpaired) electrons. The number of benzene rings is 1. The Balaban J connectivity index is 2.45. The van der Waals surface area contributed by atoms with Crippen molar-refractivity contribution in [3.8, 4) is 6.07 Å². The maximum absolute atomic E-state index is 8.40. The molecular weight excluding hydrogens is 148 g/mol. The van der Waals surface area contributed by atoms with E-state index in [1.807, 2.05) is 36.4 Å². The fourth-order valence-electron chi connectivity index (χ4n) is 0.844. The summed E-state index contributed by atoms with van der Waals surface area (Å²) in [6.07, 6.45) is 0. The standard InChI is InChI=1S/C10H10N2/c1-9(7-11)12-8-10-5-3-2-4-6-10/h2-6,12H,1,8H2. The Labute approximate surface area is 72.1 Å². The van der Waals surface area contributed by atoms with Gasteiger partial charge in [-0.25, -0.2) is 0 Å². The fraction of sp³-hybridized carbons (Fsp3) is 0.100. The van der Waals surface area contributed by atoms with E-state index in [2.05, 4.69) is 11.9 Å². The van der Waals surface area contributed by atoms with Crippen LogP contribution in [0.25, 0.3) is 0 Å². The zero-order valence-electron chi connectivity index (χ0n) is 6.75. The van der Waals surface area contributed by atoms with Gasteiger partial charge in [0.15, 0.2) is 0 Å². The largest absolute Gasteiger partial charge is 0.373 e. The average molecular weight is 158 g/mol. The minimum Gasteiger partial charge on any atom is -0.373 e. The molecule has 0 bridgehead atoms. The molecule has 1 rings (SSSR count). The van der Waals surface area contributed by atoms with Gasteiger partial charge in [0.25, 0.3) is 0 Å². The van der Waals surface area contributed by atoms with Crippen LogP contribution in [-0.4, -0.2) is 0 Å². The second-order valence-electron chi connectivity index (χ2n) is 2.43. The normalized spacial score (nSPS) is 8.58. The molecule has 1 aromatic carbocycles. The Morgan fingerprint density at radius 2 is 2.08 bits per heavy atom. The van der Waals surface area contributed by atoms with Gasteiger partial charge < -0.3 is 5.32 Å². The Morgan fingerprint density at radius 1 is 1.42 bits per heavy atom. The number of nitriles is 1. The van der Waals surface area contributed by atoms with Crippen LogP contribution in [0.4, 0.5) is 0 Å². The average Bonchev–Trinajstić information content (AvgIpc) is 2.16. The summed E-state index contributed by atoms with van der Waals surface area (Å²) >= 11 is 0. The molecule has 0 aromatic heterocycles. The Hall–Kier alpha value is -1.75. The van der Waals surface area contributed by atoms with E-state index in [1.165, 1.54) is 0 Å². The van der Waals surface area contributed by atoms with Crippen molar-refractivity contribution in [1.82, 2.24) is 5.32 Å². The second kappa shape index (κ2) is 4.20. The summed E-state index contributed by atoms with van der Waals surface area (Å²) in [5.74, 6) is 0. The summed E-state index contributed by atoms with van der Waals surface area (Å²) in [7, 11) is 0. The number of allylic oxidation sites excluding steroid dienone is 1. The molecule has 0 unspecified atom stereocenters. The predicted molar refractivity (Wildman–Crippen MR) is 48.0 cm³/mol. The molecule has 2 heteroatoms. The van der Waals surface area contributed by atoms with Crippen LogP contribution in [0, 0.1) is 11.3 Å². The smallest absolute Gasteiger partial charge is 0.116 e. The summed E-state index contributed by atoms with van der Waals surface area (Å²) in [4.78, 5) is 0. The van der Waals surface area contributed by atoms with Crippen LogP contribution in [0.15, 0.2) is 42.6 Å². The summed E-state index contributed by atoms with van der Waals surface area (Å²) in [5.41, 5.74) is 1.55. The quantitative estimate of drug-likeness (QED) is 0.681. The van der Waals surface area contributed by atoms with E-state index in [0.29, 0.717) is 12.2 Å². The lowest BCUT2D eigenvalue weighted by molar-refractivity contribution is 0.840. The maximum Gasteiger partial charge on any atom is 0.116 e. The molecule has 0 amide bonds. The highest BCUT2D eigenvalue weighted by Gasteiger charge is 1.90. The minimum atomic E-state index is 0.402. The molecule has 0 heterocycles. The summed E-state index contributed by atoms with van der Waals surface area (Å²) < 4.78 is 0. The van der Waals surface area contributed by atoms with Crippen molar-refractivity contribution in [1.29, 1.82) is 5.26 Å². The van der Waals surface area contributed by atoms with E-state index in [1.54, 1.807) is 0 Å². The number of hydrogen-bond donors (Lipinski definition) is 1. The zero-order chi connectivity index (χ0) is 8.81. The third-order valence-corrected chi connectivity index (χ3v) is 1.48. The van der Waals surface area contributed by atoms with Crippen molar-refractivity contribution in [2.75, 3.05) is 0 Å². The van der Waals surface area contributed by atoms with Crippen LogP contribution in [-0.2, 0) is 6.54 Å². The first-order valence-corrected chi connectivity index (χ1v) is 3.69. The first kappa shape index (κ1) is 8.35. The summed E-state index contributed by atoms with van der Waals surface area (Å²) in [6.45, 7) is 4.18. The molecule has 1 N–H and O–H groups in total. The Bertz CT molecular complexity index is 295. The molecule has 0 atom stereocenters. The van der Waals surface area contributed by atoms with Gasteiger partial charge in [-0.3, -0.25) is 0 Å². The molecule has 2 nitrogen and oxygen atoms in total. The van der Waals surface area contributed by atoms with Crippen molar-refractivity contribution in [3.05, 3.63) is 48.2 Å². The fourth-order valence-corrected chi connectivity index (χ4v) is 0.844. The molecule has 1 aromatic rings. The van der Waals surface area contributed by atoms with Crippen LogP contribution in [0.1, 0.15) is 5.56 Å². The summed E-state index contributed by atoms with van der Waals surface area (Å²) in [6, 6.07) is 11.8. The number of nitrogens with zero attached hydrogens (tertiary/aromatic N) is 1. The third kappa shape index (κ3) is 2.47. The topological polar surface area (TPSA) is 35.8 Å². The van der Waals surface area contributed by atoms with Crippen molar-refractivity contribution in [2.24, 2.45) is 0 Å². The van der Waals surface area contributed by atoms with Crippen molar-refractivity contribution < 1.29 is 0 Å². The van der Waals surface area contributed by atoms with Crippen LogP contribution >= 0.6 is 0 Å². The van der Waals surface area contributed by atoms with E-state index in [9.17, 15) is 0 Å². The van der Waals surface area contributed by atoms with Gasteiger partial charge in [0, 0.05) is 6.54 Å². The molecule has 0 aliphatic carbocycles. The van der Waals surface area contributed by atoms with E-state index < -0.39 is 0 Å². The van der Waals surface area contributed by atoms with Gasteiger partial charge in [0.1, 0.15) is 11.8 Å². The van der Waals surface area contributed by atoms with E-state index in [0.717, 1.165) is 5.56 Å². The van der Waals surface area contributed by atoms with Crippen molar-refractivity contribution in [3.63, 3.8) is 0 Å². The van der Waals surface area contributed by atoms with Gasteiger partial charge >= 0.3 is 0 Å². The third-order valence-electron chi connectivity index (χ3n) is 1.48. The number of rotatable bonds is 3. The number of hydrogen-bond acceptors (Lipinski definition) is 2. The predicted octanol–water partition coefficient (Wildman–Crippen LogP) is 1.81. The molecule has 12 heavy (non-hydrogen) atoms. The highest BCUT2D eigenvalue weighted by Crippen LogP contribution is 1.97.